The van der Waals surface area contributed by atoms with Crippen LogP contribution in [0.15, 0.2) is 28.7 Å². The molecular weight excluding hydrogens is 494 g/mol. The first-order chi connectivity index (χ1) is 10.3. The molecule has 2 unspecified atom stereocenters. The second kappa shape index (κ2) is 10.7. The Morgan fingerprint density at radius 3 is 2.82 bits per heavy atom. The highest BCUT2D eigenvalue weighted by Gasteiger charge is 2.20. The van der Waals surface area contributed by atoms with Crippen molar-refractivity contribution in [3.05, 3.63) is 34.3 Å². The summed E-state index contributed by atoms with van der Waals surface area (Å²) in [4.78, 5) is 11.1. The Bertz CT molecular complexity index is 485. The second-order valence-electron chi connectivity index (χ2n) is 6.08. The standard InChI is InChI=1S/C16H23BrIO2PS/c1-12(19)22-11-16(2,3)9-5-8-15(20-21-18)13-6-4-7-14(17)10-13/h4,6-7,10,15,21H,5,8-9,11H2,1-3H3. The van der Waals surface area contributed by atoms with Crippen LogP contribution in [0.4, 0.5) is 0 Å². The van der Waals surface area contributed by atoms with Gasteiger partial charge in [0.2, 0.25) is 0 Å². The predicted octanol–water partition coefficient (Wildman–Crippen LogP) is 6.93. The van der Waals surface area contributed by atoms with E-state index in [0.29, 0.717) is 6.45 Å². The van der Waals surface area contributed by atoms with Gasteiger partial charge in [-0.15, -0.1) is 0 Å². The molecule has 0 amide bonds. The molecule has 1 aromatic carbocycles. The van der Waals surface area contributed by atoms with Crippen molar-refractivity contribution in [1.82, 2.24) is 0 Å². The fourth-order valence-electron chi connectivity index (χ4n) is 2.19. The monoisotopic (exact) mass is 516 g/mol. The van der Waals surface area contributed by atoms with Gasteiger partial charge in [-0.2, -0.15) is 0 Å². The lowest BCUT2D eigenvalue weighted by Crippen LogP contribution is -2.16. The summed E-state index contributed by atoms with van der Waals surface area (Å²) in [6.07, 6.45) is 3.37. The first-order valence-electron chi connectivity index (χ1n) is 7.24. The minimum absolute atomic E-state index is 0.156. The molecule has 0 aliphatic carbocycles. The van der Waals surface area contributed by atoms with Crippen LogP contribution in [0.25, 0.3) is 0 Å². The Morgan fingerprint density at radius 2 is 2.23 bits per heavy atom. The summed E-state index contributed by atoms with van der Waals surface area (Å²) in [5.41, 5.74) is 1.42. The van der Waals surface area contributed by atoms with Gasteiger partial charge in [0.25, 0.3) is 0 Å². The van der Waals surface area contributed by atoms with Crippen LogP contribution in [-0.4, -0.2) is 10.9 Å². The summed E-state index contributed by atoms with van der Waals surface area (Å²) < 4.78 is 7.02. The van der Waals surface area contributed by atoms with Crippen molar-refractivity contribution in [1.29, 1.82) is 0 Å². The molecule has 0 bridgehead atoms. The number of rotatable bonds is 9. The van der Waals surface area contributed by atoms with Crippen LogP contribution < -0.4 is 0 Å². The SMILES string of the molecule is CC(=O)SCC(C)(C)CCCC(OPI)c1cccc(Br)c1. The fraction of sp³-hybridized carbons (Fsp3) is 0.562. The van der Waals surface area contributed by atoms with Gasteiger partial charge in [0, 0.05) is 17.1 Å². The average Bonchev–Trinajstić information content (AvgIpc) is 2.44. The van der Waals surface area contributed by atoms with Crippen molar-refractivity contribution in [3.63, 3.8) is 0 Å². The molecule has 124 valence electrons. The zero-order chi connectivity index (χ0) is 16.6. The van der Waals surface area contributed by atoms with Crippen LogP contribution >= 0.6 is 56.2 Å². The van der Waals surface area contributed by atoms with E-state index in [9.17, 15) is 4.79 Å². The molecule has 0 heterocycles. The number of carbonyl (C=O) groups is 1. The van der Waals surface area contributed by atoms with Crippen molar-refractivity contribution in [2.75, 3.05) is 5.75 Å². The third-order valence-corrected chi connectivity index (χ3v) is 6.36. The Hall–Kier alpha value is 0.840. The first kappa shape index (κ1) is 20.9. The number of halogens is 2. The molecule has 0 aromatic heterocycles. The van der Waals surface area contributed by atoms with Crippen LogP contribution in [0.2, 0.25) is 0 Å². The zero-order valence-corrected chi connectivity index (χ0v) is 18.8. The smallest absolute Gasteiger partial charge is 0.185 e. The van der Waals surface area contributed by atoms with Gasteiger partial charge in [0.05, 0.1) is 12.6 Å². The maximum absolute atomic E-state index is 11.1. The molecule has 0 fully saturated rings. The highest BCUT2D eigenvalue weighted by Crippen LogP contribution is 2.37. The highest BCUT2D eigenvalue weighted by molar-refractivity contribution is 14.2. The summed E-state index contributed by atoms with van der Waals surface area (Å²) in [5.74, 6) is 0.888. The van der Waals surface area contributed by atoms with Crippen LogP contribution in [-0.2, 0) is 9.32 Å². The van der Waals surface area contributed by atoms with Crippen molar-refractivity contribution in [2.24, 2.45) is 5.41 Å². The number of thioether (sulfide) groups is 1. The molecule has 0 N–H and O–H groups in total. The lowest BCUT2D eigenvalue weighted by Gasteiger charge is -2.25. The van der Waals surface area contributed by atoms with E-state index < -0.39 is 0 Å². The van der Waals surface area contributed by atoms with Gasteiger partial charge in [-0.05, 0) is 64.4 Å². The Labute approximate surface area is 161 Å². The minimum Gasteiger partial charge on any atom is -0.344 e. The summed E-state index contributed by atoms with van der Waals surface area (Å²) in [6.45, 7) is 6.57. The third-order valence-electron chi connectivity index (χ3n) is 3.39. The Balaban J connectivity index is 2.53. The van der Waals surface area contributed by atoms with E-state index >= 15 is 0 Å². The number of hydrogen-bond acceptors (Lipinski definition) is 3. The molecule has 0 aliphatic rings. The molecule has 22 heavy (non-hydrogen) atoms. The fourth-order valence-corrected chi connectivity index (χ4v) is 4.63. The molecule has 2 nitrogen and oxygen atoms in total. The number of benzene rings is 1. The van der Waals surface area contributed by atoms with E-state index in [1.807, 2.05) is 6.07 Å². The van der Waals surface area contributed by atoms with Crippen LogP contribution in [0.1, 0.15) is 51.7 Å². The molecule has 2 atom stereocenters. The van der Waals surface area contributed by atoms with Gasteiger partial charge in [-0.25, -0.2) is 0 Å². The molecule has 6 heteroatoms. The van der Waals surface area contributed by atoms with Crippen LogP contribution in [0.5, 0.6) is 0 Å². The first-order valence-corrected chi connectivity index (χ1v) is 13.0. The van der Waals surface area contributed by atoms with Gasteiger partial charge in [0.15, 0.2) is 5.12 Å². The summed E-state index contributed by atoms with van der Waals surface area (Å²) in [6, 6.07) is 8.36. The van der Waals surface area contributed by atoms with Crippen molar-refractivity contribution in [2.45, 2.75) is 46.1 Å². The van der Waals surface area contributed by atoms with Crippen molar-refractivity contribution >= 4 is 61.3 Å². The molecular formula is C16H23BrIO2PS. The Kier molecular flexibility index (Phi) is 10.1. The lowest BCUT2D eigenvalue weighted by atomic mass is 9.88. The molecule has 0 saturated heterocycles. The van der Waals surface area contributed by atoms with Gasteiger partial charge in [-0.3, -0.25) is 4.79 Å². The normalized spacial score (nSPS) is 13.7. The molecule has 0 aliphatic heterocycles. The van der Waals surface area contributed by atoms with Crippen molar-refractivity contribution < 1.29 is 9.32 Å². The van der Waals surface area contributed by atoms with Crippen LogP contribution in [0.3, 0.4) is 0 Å². The lowest BCUT2D eigenvalue weighted by molar-refractivity contribution is -0.109. The van der Waals surface area contributed by atoms with Crippen molar-refractivity contribution in [3.8, 4) is 0 Å². The van der Waals surface area contributed by atoms with Gasteiger partial charge in [-0.1, -0.05) is 53.7 Å². The molecule has 1 rings (SSSR count). The largest absolute Gasteiger partial charge is 0.344 e. The quantitative estimate of drug-likeness (QED) is 0.263. The van der Waals surface area contributed by atoms with Crippen LogP contribution in [0, 0.1) is 5.41 Å². The summed E-state index contributed by atoms with van der Waals surface area (Å²) >= 11 is 7.23. The van der Waals surface area contributed by atoms with E-state index in [0.717, 1.165) is 29.5 Å². The predicted molar refractivity (Wildman–Crippen MR) is 111 cm³/mol. The van der Waals surface area contributed by atoms with E-state index in [4.69, 9.17) is 4.52 Å². The number of carbonyl (C=O) groups excluding carboxylic acids is 1. The highest BCUT2D eigenvalue weighted by atomic mass is 127. The third kappa shape index (κ3) is 8.62. The minimum atomic E-state index is 0.156. The van der Waals surface area contributed by atoms with E-state index in [1.165, 1.54) is 17.3 Å². The maximum atomic E-state index is 11.1. The average molecular weight is 517 g/mol. The topological polar surface area (TPSA) is 26.3 Å². The second-order valence-corrected chi connectivity index (χ2v) is 9.85. The zero-order valence-electron chi connectivity index (χ0n) is 13.2. The summed E-state index contributed by atoms with van der Waals surface area (Å²) in [5, 5.41) is 0.203. The Morgan fingerprint density at radius 1 is 1.50 bits per heavy atom. The van der Waals surface area contributed by atoms with Gasteiger partial charge < -0.3 is 4.52 Å². The molecule has 0 radical (unpaired) electrons. The van der Waals surface area contributed by atoms with Gasteiger partial charge >= 0.3 is 0 Å². The summed E-state index contributed by atoms with van der Waals surface area (Å²) in [7, 11) is 0. The molecule has 0 spiro atoms. The molecule has 0 saturated carbocycles. The van der Waals surface area contributed by atoms with Gasteiger partial charge in [0.1, 0.15) is 0 Å². The van der Waals surface area contributed by atoms with E-state index in [-0.39, 0.29) is 16.6 Å². The van der Waals surface area contributed by atoms with E-state index in [1.54, 1.807) is 6.92 Å². The number of hydrogen-bond donors (Lipinski definition) is 0. The van der Waals surface area contributed by atoms with E-state index in [2.05, 4.69) is 70.0 Å². The molecule has 1 aromatic rings. The maximum Gasteiger partial charge on any atom is 0.185 e.